The van der Waals surface area contributed by atoms with Crippen LogP contribution in [0.15, 0.2) is 29.2 Å². The summed E-state index contributed by atoms with van der Waals surface area (Å²) in [5.74, 6) is 0.275. The quantitative estimate of drug-likeness (QED) is 0.699. The lowest BCUT2D eigenvalue weighted by Crippen LogP contribution is -2.46. The highest BCUT2D eigenvalue weighted by atomic mass is 32.2. The summed E-state index contributed by atoms with van der Waals surface area (Å²) in [4.78, 5) is 27.7. The lowest BCUT2D eigenvalue weighted by atomic mass is 10.1. The normalized spacial score (nSPS) is 19.0. The number of likely N-dealkylation sites (tertiary alicyclic amines) is 1. The monoisotopic (exact) mass is 425 g/mol. The van der Waals surface area contributed by atoms with Crippen molar-refractivity contribution in [2.24, 2.45) is 0 Å². The Morgan fingerprint density at radius 1 is 1.11 bits per heavy atom. The summed E-state index contributed by atoms with van der Waals surface area (Å²) in [7, 11) is -3.18. The number of piperidine rings is 1. The molecule has 2 saturated heterocycles. The molecule has 2 aliphatic rings. The van der Waals surface area contributed by atoms with Crippen molar-refractivity contribution in [2.75, 3.05) is 38.2 Å². The predicted octanol–water partition coefficient (Wildman–Crippen LogP) is 1.55. The summed E-state index contributed by atoms with van der Waals surface area (Å²) in [6, 6.07) is 7.26. The highest BCUT2D eigenvalue weighted by Gasteiger charge is 2.26. The lowest BCUT2D eigenvalue weighted by molar-refractivity contribution is -0.127. The third-order valence-corrected chi connectivity index (χ3v) is 7.56. The second-order valence-electron chi connectivity index (χ2n) is 7.28. The number of carbonyl (C=O) groups excluding carboxylic acids is 2. The van der Waals surface area contributed by atoms with E-state index in [9.17, 15) is 18.0 Å². The largest absolute Gasteiger partial charge is 0.349 e. The molecule has 0 radical (unpaired) electrons. The molecule has 2 fully saturated rings. The van der Waals surface area contributed by atoms with Crippen molar-refractivity contribution in [3.63, 3.8) is 0 Å². The summed E-state index contributed by atoms with van der Waals surface area (Å²) in [5, 5.41) is 3.02. The van der Waals surface area contributed by atoms with E-state index in [4.69, 9.17) is 0 Å². The van der Waals surface area contributed by atoms with E-state index in [1.807, 2.05) is 23.1 Å². The van der Waals surface area contributed by atoms with Crippen molar-refractivity contribution >= 4 is 33.6 Å². The van der Waals surface area contributed by atoms with Crippen LogP contribution in [-0.4, -0.2) is 73.7 Å². The van der Waals surface area contributed by atoms with Gasteiger partial charge in [-0.2, -0.15) is 0 Å². The van der Waals surface area contributed by atoms with Gasteiger partial charge in [0, 0.05) is 37.1 Å². The van der Waals surface area contributed by atoms with Gasteiger partial charge in [-0.3, -0.25) is 9.59 Å². The number of benzene rings is 1. The van der Waals surface area contributed by atoms with Crippen LogP contribution < -0.4 is 5.32 Å². The van der Waals surface area contributed by atoms with Crippen molar-refractivity contribution < 1.29 is 18.0 Å². The number of nitrogens with one attached hydrogen (secondary N) is 1. The maximum Gasteiger partial charge on any atom is 0.252 e. The molecule has 3 rings (SSSR count). The van der Waals surface area contributed by atoms with Gasteiger partial charge in [0.15, 0.2) is 0 Å². The minimum atomic E-state index is -3.18. The Balaban J connectivity index is 1.56. The van der Waals surface area contributed by atoms with Crippen LogP contribution in [0.4, 0.5) is 0 Å². The van der Waals surface area contributed by atoms with E-state index in [1.54, 1.807) is 6.07 Å². The SMILES string of the molecule is CS(=O)(=O)N1CCC(NC(=O)c2ccccc2SCC(=O)N2CCCC2)CC1. The molecule has 9 heteroatoms. The maximum absolute atomic E-state index is 12.8. The Labute approximate surface area is 170 Å². The van der Waals surface area contributed by atoms with E-state index in [2.05, 4.69) is 5.32 Å². The standard InChI is InChI=1S/C19H27N3O4S2/c1-28(25,26)22-12-8-15(9-13-22)20-19(24)16-6-2-3-7-17(16)27-14-18(23)21-10-4-5-11-21/h2-3,6-7,15H,4-5,8-14H2,1H3,(H,20,24). The average Bonchev–Trinajstić information content (AvgIpc) is 3.21. The van der Waals surface area contributed by atoms with Gasteiger partial charge in [-0.15, -0.1) is 11.8 Å². The zero-order valence-electron chi connectivity index (χ0n) is 16.1. The van der Waals surface area contributed by atoms with Crippen LogP contribution in [-0.2, 0) is 14.8 Å². The molecule has 0 unspecified atom stereocenters. The van der Waals surface area contributed by atoms with E-state index in [0.29, 0.717) is 37.2 Å². The van der Waals surface area contributed by atoms with Gasteiger partial charge < -0.3 is 10.2 Å². The zero-order chi connectivity index (χ0) is 20.1. The van der Waals surface area contributed by atoms with Crippen LogP contribution in [0.2, 0.25) is 0 Å². The van der Waals surface area contributed by atoms with Crippen molar-refractivity contribution in [3.05, 3.63) is 29.8 Å². The van der Waals surface area contributed by atoms with Crippen LogP contribution in [0, 0.1) is 0 Å². The summed E-state index contributed by atoms with van der Waals surface area (Å²) in [6.07, 6.45) is 4.53. The van der Waals surface area contributed by atoms with Crippen molar-refractivity contribution in [2.45, 2.75) is 36.6 Å². The summed E-state index contributed by atoms with van der Waals surface area (Å²) >= 11 is 1.40. The van der Waals surface area contributed by atoms with E-state index >= 15 is 0 Å². The van der Waals surface area contributed by atoms with Gasteiger partial charge in [0.2, 0.25) is 15.9 Å². The molecule has 0 aromatic heterocycles. The molecule has 7 nitrogen and oxygen atoms in total. The van der Waals surface area contributed by atoms with Crippen molar-refractivity contribution in [3.8, 4) is 0 Å². The number of carbonyl (C=O) groups is 2. The second-order valence-corrected chi connectivity index (χ2v) is 10.3. The first-order valence-electron chi connectivity index (χ1n) is 9.60. The Bertz CT molecular complexity index is 814. The van der Waals surface area contributed by atoms with E-state index < -0.39 is 10.0 Å². The van der Waals surface area contributed by atoms with Crippen LogP contribution >= 0.6 is 11.8 Å². The highest BCUT2D eigenvalue weighted by Crippen LogP contribution is 2.24. The molecular formula is C19H27N3O4S2. The van der Waals surface area contributed by atoms with Gasteiger partial charge in [-0.1, -0.05) is 12.1 Å². The Morgan fingerprint density at radius 2 is 1.75 bits per heavy atom. The van der Waals surface area contributed by atoms with Gasteiger partial charge in [0.05, 0.1) is 17.6 Å². The fraction of sp³-hybridized carbons (Fsp3) is 0.579. The number of hydrogen-bond acceptors (Lipinski definition) is 5. The molecule has 2 heterocycles. The first-order valence-corrected chi connectivity index (χ1v) is 12.4. The molecule has 0 saturated carbocycles. The molecule has 0 atom stereocenters. The predicted molar refractivity (Wildman–Crippen MR) is 110 cm³/mol. The fourth-order valence-corrected chi connectivity index (χ4v) is 5.40. The molecule has 2 aliphatic heterocycles. The van der Waals surface area contributed by atoms with Gasteiger partial charge >= 0.3 is 0 Å². The molecule has 28 heavy (non-hydrogen) atoms. The first kappa shape index (κ1) is 21.1. The third kappa shape index (κ3) is 5.48. The van der Waals surface area contributed by atoms with Gasteiger partial charge in [-0.05, 0) is 37.8 Å². The van der Waals surface area contributed by atoms with Gasteiger partial charge in [0.1, 0.15) is 0 Å². The van der Waals surface area contributed by atoms with E-state index in [-0.39, 0.29) is 17.9 Å². The Morgan fingerprint density at radius 3 is 2.39 bits per heavy atom. The molecule has 154 valence electrons. The Kier molecular flexibility index (Phi) is 7.00. The summed E-state index contributed by atoms with van der Waals surface area (Å²) < 4.78 is 24.7. The molecule has 0 bridgehead atoms. The highest BCUT2D eigenvalue weighted by molar-refractivity contribution is 8.00. The molecule has 0 spiro atoms. The molecule has 0 aliphatic carbocycles. The zero-order valence-corrected chi connectivity index (χ0v) is 17.7. The van der Waals surface area contributed by atoms with E-state index in [0.717, 1.165) is 30.8 Å². The average molecular weight is 426 g/mol. The molecule has 1 aromatic carbocycles. The van der Waals surface area contributed by atoms with Crippen LogP contribution in [0.1, 0.15) is 36.0 Å². The smallest absolute Gasteiger partial charge is 0.252 e. The maximum atomic E-state index is 12.8. The number of thioether (sulfide) groups is 1. The van der Waals surface area contributed by atoms with Gasteiger partial charge in [-0.25, -0.2) is 12.7 Å². The lowest BCUT2D eigenvalue weighted by Gasteiger charge is -2.30. The topological polar surface area (TPSA) is 86.8 Å². The molecule has 1 N–H and O–H groups in total. The minimum absolute atomic E-state index is 0.0465. The number of nitrogens with zero attached hydrogens (tertiary/aromatic N) is 2. The van der Waals surface area contributed by atoms with Crippen molar-refractivity contribution in [1.82, 2.24) is 14.5 Å². The minimum Gasteiger partial charge on any atom is -0.349 e. The molecule has 1 aromatic rings. The Hall–Kier alpha value is -1.58. The number of hydrogen-bond donors (Lipinski definition) is 1. The van der Waals surface area contributed by atoms with Crippen LogP contribution in [0.3, 0.4) is 0 Å². The van der Waals surface area contributed by atoms with E-state index in [1.165, 1.54) is 22.3 Å². The van der Waals surface area contributed by atoms with Gasteiger partial charge in [0.25, 0.3) is 5.91 Å². The van der Waals surface area contributed by atoms with Crippen LogP contribution in [0.25, 0.3) is 0 Å². The summed E-state index contributed by atoms with van der Waals surface area (Å²) in [5.41, 5.74) is 0.562. The van der Waals surface area contributed by atoms with Crippen molar-refractivity contribution in [1.29, 1.82) is 0 Å². The molecular weight excluding hydrogens is 398 g/mol. The summed E-state index contributed by atoms with van der Waals surface area (Å²) in [6.45, 7) is 2.50. The first-order chi connectivity index (χ1) is 13.3. The number of rotatable bonds is 6. The number of amides is 2. The third-order valence-electron chi connectivity index (χ3n) is 5.20. The fourth-order valence-electron chi connectivity index (χ4n) is 3.57. The number of sulfonamides is 1. The van der Waals surface area contributed by atoms with Crippen LogP contribution in [0.5, 0.6) is 0 Å². The second kappa shape index (κ2) is 9.28. The molecule has 2 amide bonds.